The van der Waals surface area contributed by atoms with E-state index < -0.39 is 88.8 Å². The van der Waals surface area contributed by atoms with Crippen LogP contribution >= 0.6 is 0 Å². The van der Waals surface area contributed by atoms with Gasteiger partial charge >= 0.3 is 29.8 Å². The Morgan fingerprint density at radius 1 is 0.480 bits per heavy atom. The highest BCUT2D eigenvalue weighted by Gasteiger charge is 2.46. The summed E-state index contributed by atoms with van der Waals surface area (Å²) in [6, 6.07) is 10.1. The topological polar surface area (TPSA) is 295 Å². The molecule has 0 fully saturated rings. The first-order valence-electron chi connectivity index (χ1n) is 13.9. The lowest BCUT2D eigenvalue weighted by Gasteiger charge is -2.30. The Morgan fingerprint density at radius 2 is 0.800 bits per heavy atom. The summed E-state index contributed by atoms with van der Waals surface area (Å²) in [4.78, 5) is 62.2. The van der Waals surface area contributed by atoms with Crippen LogP contribution in [0.5, 0.6) is 34.5 Å². The second kappa shape index (κ2) is 16.7. The number of phenolic OH excluding ortho intramolecular Hbond substituents is 6. The fourth-order valence-electron chi connectivity index (χ4n) is 3.93. The molecule has 0 amide bonds. The van der Waals surface area contributed by atoms with Crippen molar-refractivity contribution in [3.8, 4) is 34.5 Å². The Labute approximate surface area is 280 Å². The summed E-state index contributed by atoms with van der Waals surface area (Å²) in [7, 11) is 0. The lowest BCUT2D eigenvalue weighted by Crippen LogP contribution is -2.54. The Bertz CT molecular complexity index is 1860. The first-order chi connectivity index (χ1) is 23.5. The first-order valence-corrected chi connectivity index (χ1v) is 13.9. The van der Waals surface area contributed by atoms with Crippen LogP contribution in [0.4, 0.5) is 0 Å². The number of esters is 3. The fourth-order valence-corrected chi connectivity index (χ4v) is 3.93. The molecule has 0 aliphatic rings. The minimum atomic E-state index is -2.72. The summed E-state index contributed by atoms with van der Waals surface area (Å²) >= 11 is 0. The van der Waals surface area contributed by atoms with Crippen LogP contribution in [0.3, 0.4) is 0 Å². The molecule has 0 saturated heterocycles. The molecule has 0 spiro atoms. The van der Waals surface area contributed by atoms with Gasteiger partial charge in [0.05, 0.1) is 0 Å². The van der Waals surface area contributed by atoms with E-state index in [1.807, 2.05) is 0 Å². The third kappa shape index (κ3) is 10.5. The number of hydrogen-bond acceptors (Lipinski definition) is 15. The number of benzene rings is 3. The molecule has 0 aliphatic heterocycles. The summed E-state index contributed by atoms with van der Waals surface area (Å²) < 4.78 is 14.7. The number of ether oxygens (including phenoxy) is 3. The van der Waals surface area contributed by atoms with Gasteiger partial charge < -0.3 is 60.2 Å². The summed E-state index contributed by atoms with van der Waals surface area (Å²) in [5.41, 5.74) is 0.386. The number of carbonyl (C=O) groups is 5. The van der Waals surface area contributed by atoms with Crippen molar-refractivity contribution in [2.75, 3.05) is 0 Å². The van der Waals surface area contributed by atoms with Gasteiger partial charge in [-0.05, 0) is 71.3 Å². The van der Waals surface area contributed by atoms with E-state index in [-0.39, 0.29) is 16.7 Å². The van der Waals surface area contributed by atoms with Gasteiger partial charge in [0, 0.05) is 18.2 Å². The molecule has 4 atom stereocenters. The monoisotopic (exact) mass is 696 g/mol. The van der Waals surface area contributed by atoms with Crippen molar-refractivity contribution in [3.05, 3.63) is 89.5 Å². The van der Waals surface area contributed by atoms with Crippen LogP contribution in [0.25, 0.3) is 18.2 Å². The number of aliphatic carboxylic acids is 2. The predicted molar refractivity (Wildman–Crippen MR) is 167 cm³/mol. The van der Waals surface area contributed by atoms with Crippen molar-refractivity contribution in [2.45, 2.75) is 24.4 Å². The SMILES string of the molecule is O=C(/C=C/c1ccc(O)c(O)c1)O[C@@H]([C@@H](O)[C@H](OC(=O)/C=C/c1ccc(O)c(O)c1)C(=O)O)[C@H](OC(=O)/C=C/c1ccc(O)c(O)c1)C(=O)O. The molecule has 9 N–H and O–H groups in total. The summed E-state index contributed by atoms with van der Waals surface area (Å²) in [5, 5.41) is 87.8. The number of phenols is 6. The minimum Gasteiger partial charge on any atom is -0.504 e. The van der Waals surface area contributed by atoms with Gasteiger partial charge in [-0.25, -0.2) is 24.0 Å². The standard InChI is InChI=1S/C33H28O17/c34-19-7-1-16(13-22(19)37)4-10-25(40)48-29(31(33(46)47)50-27(42)12-6-18-3-9-21(36)24(39)15-18)28(43)30(32(44)45)49-26(41)11-5-17-2-8-20(35)23(38)14-17/h1-15,28-31,34-39,43H,(H,44,45)(H,46,47)/b10-4+,11-5+,12-6+/t28-,29+,30+,31+/m1/s1. The molecule has 3 rings (SSSR count). The van der Waals surface area contributed by atoms with Crippen LogP contribution in [0, 0.1) is 0 Å². The molecule has 0 aromatic heterocycles. The molecule has 0 aliphatic carbocycles. The average molecular weight is 697 g/mol. The first kappa shape index (κ1) is 37.4. The van der Waals surface area contributed by atoms with E-state index in [0.717, 1.165) is 54.6 Å². The molecule has 0 unspecified atom stereocenters. The zero-order valence-electron chi connectivity index (χ0n) is 25.3. The Balaban J connectivity index is 1.91. The van der Waals surface area contributed by atoms with E-state index >= 15 is 0 Å². The molecular weight excluding hydrogens is 668 g/mol. The normalized spacial score (nSPS) is 13.8. The van der Waals surface area contributed by atoms with E-state index in [0.29, 0.717) is 18.2 Å². The molecule has 0 bridgehead atoms. The smallest absolute Gasteiger partial charge is 0.349 e. The highest BCUT2D eigenvalue weighted by molar-refractivity contribution is 5.91. The molecule has 3 aromatic carbocycles. The number of carboxylic acid groups (broad SMARTS) is 2. The second-order valence-corrected chi connectivity index (χ2v) is 10.0. The molecular formula is C33H28O17. The third-order valence-electron chi connectivity index (χ3n) is 6.40. The van der Waals surface area contributed by atoms with Gasteiger partial charge in [0.2, 0.25) is 12.2 Å². The van der Waals surface area contributed by atoms with Crippen LogP contribution in [-0.2, 0) is 38.2 Å². The molecule has 0 radical (unpaired) electrons. The Kier molecular flexibility index (Phi) is 12.5. The third-order valence-corrected chi connectivity index (χ3v) is 6.40. The molecule has 0 saturated carbocycles. The Hall–Kier alpha value is -7.01. The van der Waals surface area contributed by atoms with Crippen LogP contribution in [0.2, 0.25) is 0 Å². The van der Waals surface area contributed by atoms with Crippen molar-refractivity contribution in [2.24, 2.45) is 0 Å². The zero-order chi connectivity index (χ0) is 37.1. The van der Waals surface area contributed by atoms with Gasteiger partial charge in [-0.15, -0.1) is 0 Å². The second-order valence-electron chi connectivity index (χ2n) is 10.0. The summed E-state index contributed by atoms with van der Waals surface area (Å²) in [5.74, 6) is -11.5. The van der Waals surface area contributed by atoms with Gasteiger partial charge in [0.25, 0.3) is 0 Å². The number of aliphatic hydroxyl groups excluding tert-OH is 1. The van der Waals surface area contributed by atoms with E-state index in [4.69, 9.17) is 14.2 Å². The highest BCUT2D eigenvalue weighted by Crippen LogP contribution is 2.27. The lowest BCUT2D eigenvalue weighted by atomic mass is 10.0. The van der Waals surface area contributed by atoms with Gasteiger partial charge in [0.1, 0.15) is 6.10 Å². The lowest BCUT2D eigenvalue weighted by molar-refractivity contribution is -0.196. The largest absolute Gasteiger partial charge is 0.504 e. The average Bonchev–Trinajstić information content (AvgIpc) is 3.06. The minimum absolute atomic E-state index is 0.118. The number of aliphatic hydroxyl groups is 1. The fraction of sp³-hybridized carbons (Fsp3) is 0.121. The van der Waals surface area contributed by atoms with Gasteiger partial charge in [-0.1, -0.05) is 18.2 Å². The van der Waals surface area contributed by atoms with Crippen LogP contribution in [0.15, 0.2) is 72.8 Å². The summed E-state index contributed by atoms with van der Waals surface area (Å²) in [6.07, 6.45) is -5.53. The maximum absolute atomic E-state index is 12.8. The number of rotatable bonds is 14. The number of carbonyl (C=O) groups excluding carboxylic acids is 3. The van der Waals surface area contributed by atoms with Gasteiger partial charge in [0.15, 0.2) is 40.6 Å². The van der Waals surface area contributed by atoms with Crippen molar-refractivity contribution >= 4 is 48.1 Å². The number of aromatic hydroxyl groups is 6. The van der Waals surface area contributed by atoms with E-state index in [1.54, 1.807) is 0 Å². The highest BCUT2D eigenvalue weighted by atomic mass is 16.6. The molecule has 17 heteroatoms. The van der Waals surface area contributed by atoms with E-state index in [2.05, 4.69) is 0 Å². The van der Waals surface area contributed by atoms with Crippen LogP contribution in [-0.4, -0.2) is 100 Å². The predicted octanol–water partition coefficient (Wildman–Crippen LogP) is 1.63. The molecule has 0 heterocycles. The van der Waals surface area contributed by atoms with Crippen LogP contribution < -0.4 is 0 Å². The summed E-state index contributed by atoms with van der Waals surface area (Å²) in [6.45, 7) is 0. The molecule has 3 aromatic rings. The van der Waals surface area contributed by atoms with Gasteiger partial charge in [-0.3, -0.25) is 0 Å². The van der Waals surface area contributed by atoms with E-state index in [9.17, 15) is 69.9 Å². The maximum atomic E-state index is 12.8. The molecule has 262 valence electrons. The van der Waals surface area contributed by atoms with Crippen molar-refractivity contribution in [1.82, 2.24) is 0 Å². The quantitative estimate of drug-likeness (QED) is 0.0501. The van der Waals surface area contributed by atoms with Gasteiger partial charge in [-0.2, -0.15) is 0 Å². The van der Waals surface area contributed by atoms with Crippen molar-refractivity contribution < 1.29 is 84.1 Å². The van der Waals surface area contributed by atoms with Crippen molar-refractivity contribution in [1.29, 1.82) is 0 Å². The van der Waals surface area contributed by atoms with E-state index in [1.165, 1.54) is 18.2 Å². The zero-order valence-corrected chi connectivity index (χ0v) is 25.3. The number of hydrogen-bond donors (Lipinski definition) is 9. The molecule has 17 nitrogen and oxygen atoms in total. The number of carboxylic acids is 2. The Morgan fingerprint density at radius 3 is 1.12 bits per heavy atom. The van der Waals surface area contributed by atoms with Crippen LogP contribution in [0.1, 0.15) is 16.7 Å². The molecule has 50 heavy (non-hydrogen) atoms. The van der Waals surface area contributed by atoms with Crippen molar-refractivity contribution in [3.63, 3.8) is 0 Å². The maximum Gasteiger partial charge on any atom is 0.349 e.